The summed E-state index contributed by atoms with van der Waals surface area (Å²) in [5.41, 5.74) is 1.75. The van der Waals surface area contributed by atoms with E-state index < -0.39 is 5.60 Å². The van der Waals surface area contributed by atoms with Crippen LogP contribution in [0.2, 0.25) is 0 Å². The summed E-state index contributed by atoms with van der Waals surface area (Å²) in [6, 6.07) is 5.32. The van der Waals surface area contributed by atoms with Gasteiger partial charge in [-0.15, -0.1) is 11.3 Å². The molecular weight excluding hydrogens is 406 g/mol. The van der Waals surface area contributed by atoms with Gasteiger partial charge in [0.05, 0.1) is 24.6 Å². The van der Waals surface area contributed by atoms with E-state index in [1.54, 1.807) is 4.90 Å². The van der Waals surface area contributed by atoms with E-state index in [9.17, 15) is 9.59 Å². The molecule has 3 heterocycles. The zero-order chi connectivity index (χ0) is 21.5. The van der Waals surface area contributed by atoms with Crippen molar-refractivity contribution in [3.05, 3.63) is 28.1 Å². The number of benzene rings is 1. The smallest absolute Gasteiger partial charge is 0.411 e. The zero-order valence-corrected chi connectivity index (χ0v) is 18.3. The minimum absolute atomic E-state index is 0.0222. The Hall–Kier alpha value is -2.65. The maximum absolute atomic E-state index is 12.7. The Balaban J connectivity index is 1.62. The number of amides is 2. The normalized spacial score (nSPS) is 19.0. The number of anilines is 1. The second-order valence-corrected chi connectivity index (χ2v) is 9.50. The van der Waals surface area contributed by atoms with Crippen molar-refractivity contribution in [2.24, 2.45) is 0 Å². The van der Waals surface area contributed by atoms with Crippen LogP contribution in [0.4, 0.5) is 10.5 Å². The Morgan fingerprint density at radius 2 is 2.17 bits per heavy atom. The Morgan fingerprint density at radius 1 is 1.37 bits per heavy atom. The molecule has 2 aromatic rings. The molecule has 4 rings (SSSR count). The molecule has 8 nitrogen and oxygen atoms in total. The summed E-state index contributed by atoms with van der Waals surface area (Å²) in [6.45, 7) is 8.87. The summed E-state index contributed by atoms with van der Waals surface area (Å²) in [7, 11) is 0. The van der Waals surface area contributed by atoms with Gasteiger partial charge in [0.2, 0.25) is 0 Å². The van der Waals surface area contributed by atoms with E-state index in [0.29, 0.717) is 31.2 Å². The number of rotatable bonds is 2. The van der Waals surface area contributed by atoms with Crippen LogP contribution in [0.1, 0.15) is 36.7 Å². The third kappa shape index (κ3) is 4.27. The molecule has 0 bridgehead atoms. The number of morpholine rings is 1. The summed E-state index contributed by atoms with van der Waals surface area (Å²) in [6.07, 6.45) is -0.362. The van der Waals surface area contributed by atoms with Crippen molar-refractivity contribution >= 4 is 29.0 Å². The van der Waals surface area contributed by atoms with Crippen LogP contribution in [0.5, 0.6) is 5.75 Å². The van der Waals surface area contributed by atoms with E-state index in [-0.39, 0.29) is 24.6 Å². The molecule has 9 heteroatoms. The monoisotopic (exact) mass is 431 g/mol. The van der Waals surface area contributed by atoms with Gasteiger partial charge in [-0.25, -0.2) is 9.78 Å². The average molecular weight is 432 g/mol. The first-order chi connectivity index (χ1) is 14.2. The Kier molecular flexibility index (Phi) is 5.42. The highest BCUT2D eigenvalue weighted by Crippen LogP contribution is 2.38. The number of hydrogen-bond acceptors (Lipinski definition) is 7. The Labute approximate surface area is 179 Å². The summed E-state index contributed by atoms with van der Waals surface area (Å²) in [5, 5.41) is 3.62. The molecular formula is C21H25N3O5S. The van der Waals surface area contributed by atoms with Gasteiger partial charge in [0.15, 0.2) is 6.61 Å². The van der Waals surface area contributed by atoms with Crippen molar-refractivity contribution in [2.45, 2.75) is 39.3 Å². The first-order valence-corrected chi connectivity index (χ1v) is 10.6. The van der Waals surface area contributed by atoms with E-state index in [0.717, 1.165) is 21.1 Å². The number of ether oxygens (including phenoxy) is 3. The van der Waals surface area contributed by atoms with Gasteiger partial charge < -0.3 is 19.5 Å². The van der Waals surface area contributed by atoms with Crippen molar-refractivity contribution < 1.29 is 23.8 Å². The fourth-order valence-corrected chi connectivity index (χ4v) is 4.45. The highest BCUT2D eigenvalue weighted by molar-refractivity contribution is 7.12. The van der Waals surface area contributed by atoms with Crippen LogP contribution in [0.15, 0.2) is 18.2 Å². The highest BCUT2D eigenvalue weighted by atomic mass is 32.1. The molecule has 30 heavy (non-hydrogen) atoms. The molecule has 0 unspecified atom stereocenters. The number of fused-ring (bicyclic) bond motifs is 1. The quantitative estimate of drug-likeness (QED) is 0.779. The number of carbonyl (C=O) groups is 2. The van der Waals surface area contributed by atoms with Crippen molar-refractivity contribution in [1.29, 1.82) is 0 Å². The van der Waals surface area contributed by atoms with Gasteiger partial charge in [-0.2, -0.15) is 0 Å². The number of hydrogen-bond donors (Lipinski definition) is 1. The molecule has 0 spiro atoms. The second kappa shape index (κ2) is 7.88. The number of carbonyl (C=O) groups excluding carboxylic acids is 2. The topological polar surface area (TPSA) is 90.0 Å². The molecule has 0 saturated carbocycles. The minimum atomic E-state index is -0.570. The van der Waals surface area contributed by atoms with E-state index in [2.05, 4.69) is 5.32 Å². The van der Waals surface area contributed by atoms with E-state index >= 15 is 0 Å². The van der Waals surface area contributed by atoms with Crippen LogP contribution in [0.3, 0.4) is 0 Å². The Bertz CT molecular complexity index is 982. The maximum Gasteiger partial charge on any atom is 0.411 e. The fraction of sp³-hybridized carbons (Fsp3) is 0.476. The molecule has 2 aliphatic rings. The average Bonchev–Trinajstić information content (AvgIpc) is 3.07. The van der Waals surface area contributed by atoms with Gasteiger partial charge in [-0.3, -0.25) is 9.69 Å². The first kappa shape index (κ1) is 20.6. The van der Waals surface area contributed by atoms with Crippen molar-refractivity contribution in [3.63, 3.8) is 0 Å². The third-order valence-corrected chi connectivity index (χ3v) is 5.81. The van der Waals surface area contributed by atoms with Crippen molar-refractivity contribution in [3.8, 4) is 17.0 Å². The van der Waals surface area contributed by atoms with Gasteiger partial charge in [-0.1, -0.05) is 0 Å². The maximum atomic E-state index is 12.7. The van der Waals surface area contributed by atoms with Gasteiger partial charge in [0.25, 0.3) is 5.91 Å². The molecule has 1 aromatic heterocycles. The highest BCUT2D eigenvalue weighted by Gasteiger charge is 2.34. The number of aryl methyl sites for hydroxylation is 1. The fourth-order valence-electron chi connectivity index (χ4n) is 3.41. The molecule has 1 saturated heterocycles. The predicted octanol–water partition coefficient (Wildman–Crippen LogP) is 3.76. The number of nitrogens with zero attached hydrogens (tertiary/aromatic N) is 2. The summed E-state index contributed by atoms with van der Waals surface area (Å²) < 4.78 is 16.7. The van der Waals surface area contributed by atoms with Crippen LogP contribution >= 0.6 is 11.3 Å². The van der Waals surface area contributed by atoms with Crippen LogP contribution in [-0.4, -0.2) is 53.9 Å². The minimum Gasteiger partial charge on any atom is -0.482 e. The lowest BCUT2D eigenvalue weighted by Crippen LogP contribution is -2.45. The molecule has 2 aliphatic heterocycles. The molecule has 1 fully saturated rings. The first-order valence-electron chi connectivity index (χ1n) is 9.83. The van der Waals surface area contributed by atoms with Crippen LogP contribution in [0, 0.1) is 6.92 Å². The van der Waals surface area contributed by atoms with Crippen molar-refractivity contribution in [1.82, 2.24) is 9.88 Å². The summed E-state index contributed by atoms with van der Waals surface area (Å²) >= 11 is 1.53. The van der Waals surface area contributed by atoms with Crippen LogP contribution < -0.4 is 10.1 Å². The zero-order valence-electron chi connectivity index (χ0n) is 17.5. The van der Waals surface area contributed by atoms with Gasteiger partial charge in [0.1, 0.15) is 22.4 Å². The number of aromatic nitrogens is 1. The van der Waals surface area contributed by atoms with Crippen LogP contribution in [-0.2, 0) is 14.3 Å². The predicted molar refractivity (Wildman–Crippen MR) is 113 cm³/mol. The largest absolute Gasteiger partial charge is 0.482 e. The number of thiazole rings is 1. The summed E-state index contributed by atoms with van der Waals surface area (Å²) in [4.78, 5) is 31.9. The van der Waals surface area contributed by atoms with Crippen molar-refractivity contribution in [2.75, 3.05) is 31.7 Å². The molecule has 0 aliphatic carbocycles. The van der Waals surface area contributed by atoms with Gasteiger partial charge in [-0.05, 0) is 45.9 Å². The van der Waals surface area contributed by atoms with E-state index in [4.69, 9.17) is 19.2 Å². The van der Waals surface area contributed by atoms with Gasteiger partial charge >= 0.3 is 6.09 Å². The standard InChI is InChI=1S/C21H25N3O5S/c1-12-18(13-5-6-16-14(9-13)22-17(25)11-28-16)23-19(30-12)15-10-27-8-7-24(15)20(26)29-21(2,3)4/h5-6,9,15H,7-8,10-11H2,1-4H3,(H,22,25)/t15-/m0/s1. The molecule has 160 valence electrons. The molecule has 0 radical (unpaired) electrons. The van der Waals surface area contributed by atoms with Crippen LogP contribution in [0.25, 0.3) is 11.3 Å². The molecule has 1 atom stereocenters. The van der Waals surface area contributed by atoms with Gasteiger partial charge in [0, 0.05) is 17.0 Å². The van der Waals surface area contributed by atoms with E-state index in [1.807, 2.05) is 45.9 Å². The Morgan fingerprint density at radius 3 is 2.93 bits per heavy atom. The third-order valence-electron chi connectivity index (χ3n) is 4.74. The SMILES string of the molecule is Cc1sc([C@@H]2COCCN2C(=O)OC(C)(C)C)nc1-c1ccc2c(c1)NC(=O)CO2. The molecule has 1 aromatic carbocycles. The summed E-state index contributed by atoms with van der Waals surface area (Å²) in [5.74, 6) is 0.464. The lowest BCUT2D eigenvalue weighted by Gasteiger charge is -2.35. The molecule has 2 amide bonds. The van der Waals surface area contributed by atoms with E-state index in [1.165, 1.54) is 11.3 Å². The number of nitrogens with one attached hydrogen (secondary N) is 1. The lowest BCUT2D eigenvalue weighted by atomic mass is 10.1. The lowest BCUT2D eigenvalue weighted by molar-refractivity contribution is -0.118. The second-order valence-electron chi connectivity index (χ2n) is 8.27. The molecule has 1 N–H and O–H groups in total.